The summed E-state index contributed by atoms with van der Waals surface area (Å²) in [5.41, 5.74) is 1.49. The molecule has 3 aromatic rings. The molecular formula is C22H23N5O4S. The number of aromatic nitrogens is 1. The lowest BCUT2D eigenvalue weighted by molar-refractivity contribution is -0.384. The van der Waals surface area contributed by atoms with E-state index < -0.39 is 4.92 Å². The molecule has 9 nitrogen and oxygen atoms in total. The van der Waals surface area contributed by atoms with Crippen LogP contribution in [0.15, 0.2) is 42.5 Å². The number of hydrogen-bond donors (Lipinski definition) is 0. The van der Waals surface area contributed by atoms with Gasteiger partial charge >= 0.3 is 0 Å². The van der Waals surface area contributed by atoms with Gasteiger partial charge in [-0.3, -0.25) is 19.7 Å². The molecule has 0 atom stereocenters. The molecule has 0 aliphatic carbocycles. The summed E-state index contributed by atoms with van der Waals surface area (Å²) in [6.07, 6.45) is 0. The predicted octanol–water partition coefficient (Wildman–Crippen LogP) is 3.15. The number of amides is 2. The second-order valence-corrected chi connectivity index (χ2v) is 8.81. The lowest BCUT2D eigenvalue weighted by atomic mass is 10.1. The monoisotopic (exact) mass is 453 g/mol. The van der Waals surface area contributed by atoms with Gasteiger partial charge in [0.1, 0.15) is 10.7 Å². The molecule has 32 heavy (non-hydrogen) atoms. The van der Waals surface area contributed by atoms with E-state index in [1.165, 1.54) is 29.2 Å². The van der Waals surface area contributed by atoms with E-state index in [1.807, 2.05) is 29.2 Å². The molecule has 1 fully saturated rings. The molecule has 2 aromatic carbocycles. The van der Waals surface area contributed by atoms with Gasteiger partial charge in [0.2, 0.25) is 5.91 Å². The Morgan fingerprint density at radius 2 is 1.88 bits per heavy atom. The molecule has 1 aliphatic heterocycles. The Labute approximate surface area is 189 Å². The summed E-state index contributed by atoms with van der Waals surface area (Å²) in [6, 6.07) is 12.4. The van der Waals surface area contributed by atoms with E-state index in [0.717, 1.165) is 15.2 Å². The van der Waals surface area contributed by atoms with Crippen LogP contribution < -0.4 is 4.90 Å². The molecule has 0 bridgehead atoms. The highest BCUT2D eigenvalue weighted by Crippen LogP contribution is 2.31. The summed E-state index contributed by atoms with van der Waals surface area (Å²) in [5.74, 6) is -0.309. The van der Waals surface area contributed by atoms with Crippen LogP contribution in [0.25, 0.3) is 10.2 Å². The van der Waals surface area contributed by atoms with Gasteiger partial charge < -0.3 is 14.7 Å². The van der Waals surface area contributed by atoms with Crippen molar-refractivity contribution in [3.8, 4) is 0 Å². The van der Waals surface area contributed by atoms with Crippen molar-refractivity contribution in [2.75, 3.05) is 38.1 Å². The van der Waals surface area contributed by atoms with Gasteiger partial charge in [0.15, 0.2) is 0 Å². The zero-order chi connectivity index (χ0) is 22.8. The first-order valence-electron chi connectivity index (χ1n) is 10.2. The molecule has 1 aliphatic rings. The van der Waals surface area contributed by atoms with Gasteiger partial charge in [-0.1, -0.05) is 12.1 Å². The highest BCUT2D eigenvalue weighted by molar-refractivity contribution is 7.18. The fourth-order valence-electron chi connectivity index (χ4n) is 3.81. The van der Waals surface area contributed by atoms with Gasteiger partial charge in [0, 0.05) is 51.8 Å². The first-order valence-corrected chi connectivity index (χ1v) is 11.0. The van der Waals surface area contributed by atoms with Crippen molar-refractivity contribution >= 4 is 44.7 Å². The number of carbonyl (C=O) groups excluding carboxylic acids is 2. The molecule has 10 heteroatoms. The topological polar surface area (TPSA) is 99.9 Å². The van der Waals surface area contributed by atoms with Crippen molar-refractivity contribution < 1.29 is 14.5 Å². The Kier molecular flexibility index (Phi) is 6.04. The molecule has 0 unspecified atom stereocenters. The van der Waals surface area contributed by atoms with Gasteiger partial charge in [-0.25, -0.2) is 4.98 Å². The Hall–Kier alpha value is -3.53. The lowest BCUT2D eigenvalue weighted by Gasteiger charge is -2.35. The number of nitro benzene ring substituents is 1. The molecule has 0 spiro atoms. The number of fused-ring (bicyclic) bond motifs is 1. The minimum atomic E-state index is -0.461. The summed E-state index contributed by atoms with van der Waals surface area (Å²) in [7, 11) is 1.66. The number of hydrogen-bond acceptors (Lipinski definition) is 7. The molecule has 4 rings (SSSR count). The number of piperazine rings is 1. The number of carbonyl (C=O) groups is 2. The largest absolute Gasteiger partial charge is 0.362 e. The molecular weight excluding hydrogens is 430 g/mol. The van der Waals surface area contributed by atoms with Crippen molar-refractivity contribution in [3.05, 3.63) is 63.1 Å². The van der Waals surface area contributed by atoms with Gasteiger partial charge in [0.25, 0.3) is 11.6 Å². The van der Waals surface area contributed by atoms with Crippen LogP contribution in [-0.2, 0) is 11.3 Å². The maximum absolute atomic E-state index is 13.0. The van der Waals surface area contributed by atoms with Crippen LogP contribution in [-0.4, -0.2) is 64.7 Å². The standard InChI is InChI=1S/C22H23N5O4S/c1-15(28)25-9-11-26(12-10-25)18-8-7-16(13-19(18)27(30)31)22(29)24(2)14-21-23-17-5-3-4-6-20(17)32-21/h3-8,13H,9-12,14H2,1-2H3. The van der Waals surface area contributed by atoms with E-state index in [9.17, 15) is 19.7 Å². The Morgan fingerprint density at radius 3 is 2.53 bits per heavy atom. The molecule has 2 amide bonds. The summed E-state index contributed by atoms with van der Waals surface area (Å²) < 4.78 is 1.05. The van der Waals surface area contributed by atoms with Crippen molar-refractivity contribution in [2.24, 2.45) is 0 Å². The van der Waals surface area contributed by atoms with E-state index in [2.05, 4.69) is 4.98 Å². The number of benzene rings is 2. The number of nitrogens with zero attached hydrogens (tertiary/aromatic N) is 5. The predicted molar refractivity (Wildman–Crippen MR) is 123 cm³/mol. The normalized spacial score (nSPS) is 13.9. The average molecular weight is 454 g/mol. The van der Waals surface area contributed by atoms with Crippen molar-refractivity contribution in [3.63, 3.8) is 0 Å². The third kappa shape index (κ3) is 4.40. The zero-order valence-electron chi connectivity index (χ0n) is 17.9. The first-order chi connectivity index (χ1) is 15.3. The third-order valence-electron chi connectivity index (χ3n) is 5.54. The minimum absolute atomic E-state index is 0.00346. The van der Waals surface area contributed by atoms with Crippen molar-refractivity contribution in [1.29, 1.82) is 0 Å². The molecule has 0 N–H and O–H groups in total. The van der Waals surface area contributed by atoms with Crippen LogP contribution in [0.5, 0.6) is 0 Å². The molecule has 1 aromatic heterocycles. The van der Waals surface area contributed by atoms with Crippen LogP contribution in [0.3, 0.4) is 0 Å². The second-order valence-electron chi connectivity index (χ2n) is 7.69. The van der Waals surface area contributed by atoms with Crippen molar-refractivity contribution in [2.45, 2.75) is 13.5 Å². The smallest absolute Gasteiger partial charge is 0.293 e. The van der Waals surface area contributed by atoms with E-state index in [4.69, 9.17) is 0 Å². The lowest BCUT2D eigenvalue weighted by Crippen LogP contribution is -2.48. The Bertz CT molecular complexity index is 1150. The maximum Gasteiger partial charge on any atom is 0.293 e. The highest BCUT2D eigenvalue weighted by atomic mass is 32.1. The SMILES string of the molecule is CC(=O)N1CCN(c2ccc(C(=O)N(C)Cc3nc4ccccc4s3)cc2[N+](=O)[O-])CC1. The van der Waals surface area contributed by atoms with Gasteiger partial charge in [-0.15, -0.1) is 11.3 Å². The summed E-state index contributed by atoms with van der Waals surface area (Å²) in [5, 5.41) is 12.6. The summed E-state index contributed by atoms with van der Waals surface area (Å²) in [6.45, 7) is 3.87. The van der Waals surface area contributed by atoms with Crippen LogP contribution in [0.1, 0.15) is 22.3 Å². The average Bonchev–Trinajstić information content (AvgIpc) is 3.20. The molecule has 0 saturated carbocycles. The minimum Gasteiger partial charge on any atom is -0.362 e. The zero-order valence-corrected chi connectivity index (χ0v) is 18.7. The van der Waals surface area contributed by atoms with E-state index in [0.29, 0.717) is 38.4 Å². The Morgan fingerprint density at radius 1 is 1.16 bits per heavy atom. The fourth-order valence-corrected chi connectivity index (χ4v) is 4.84. The van der Waals surface area contributed by atoms with E-state index in [1.54, 1.807) is 24.1 Å². The fraction of sp³-hybridized carbons (Fsp3) is 0.318. The van der Waals surface area contributed by atoms with Gasteiger partial charge in [-0.05, 0) is 24.3 Å². The molecule has 0 radical (unpaired) electrons. The number of rotatable bonds is 5. The Balaban J connectivity index is 1.51. The number of nitro groups is 1. The summed E-state index contributed by atoms with van der Waals surface area (Å²) >= 11 is 1.52. The van der Waals surface area contributed by atoms with E-state index in [-0.39, 0.29) is 23.1 Å². The van der Waals surface area contributed by atoms with Crippen LogP contribution >= 0.6 is 11.3 Å². The first kappa shape index (κ1) is 21.7. The number of anilines is 1. The van der Waals surface area contributed by atoms with Gasteiger partial charge in [0.05, 0.1) is 21.7 Å². The summed E-state index contributed by atoms with van der Waals surface area (Å²) in [4.78, 5) is 45.5. The molecule has 2 heterocycles. The number of thiazole rings is 1. The molecule has 166 valence electrons. The quantitative estimate of drug-likeness (QED) is 0.435. The second kappa shape index (κ2) is 8.91. The van der Waals surface area contributed by atoms with Crippen LogP contribution in [0.2, 0.25) is 0 Å². The number of para-hydroxylation sites is 1. The van der Waals surface area contributed by atoms with Crippen LogP contribution in [0.4, 0.5) is 11.4 Å². The third-order valence-corrected chi connectivity index (χ3v) is 6.56. The van der Waals surface area contributed by atoms with Crippen LogP contribution in [0, 0.1) is 10.1 Å². The van der Waals surface area contributed by atoms with Gasteiger partial charge in [-0.2, -0.15) is 0 Å². The maximum atomic E-state index is 13.0. The molecule has 1 saturated heterocycles. The van der Waals surface area contributed by atoms with E-state index >= 15 is 0 Å². The van der Waals surface area contributed by atoms with Crippen molar-refractivity contribution in [1.82, 2.24) is 14.8 Å². The highest BCUT2D eigenvalue weighted by Gasteiger charge is 2.26.